The molecule has 0 heterocycles. The number of rotatable bonds is 7. The number of nitrogens with two attached hydrogens (primary N) is 1. The molecular weight excluding hydrogens is 216 g/mol. The zero-order valence-electron chi connectivity index (χ0n) is 11.0. The highest BCUT2D eigenvalue weighted by atomic mass is 16.3. The third-order valence-corrected chi connectivity index (χ3v) is 4.25. The molecule has 0 aromatic carbocycles. The third-order valence-electron chi connectivity index (χ3n) is 4.25. The highest BCUT2D eigenvalue weighted by Crippen LogP contribution is 2.39. The number of hydrogen-bond donors (Lipinski definition) is 3. The third kappa shape index (κ3) is 3.19. The summed E-state index contributed by atoms with van der Waals surface area (Å²) in [7, 11) is 0. The van der Waals surface area contributed by atoms with Gasteiger partial charge in [-0.1, -0.05) is 33.1 Å². The highest BCUT2D eigenvalue weighted by molar-refractivity contribution is 5.83. The zero-order valence-corrected chi connectivity index (χ0v) is 11.0. The minimum absolute atomic E-state index is 0.0243. The molecule has 100 valence electrons. The summed E-state index contributed by atoms with van der Waals surface area (Å²) in [6, 6.07) is 0. The van der Waals surface area contributed by atoms with E-state index in [0.29, 0.717) is 13.1 Å². The van der Waals surface area contributed by atoms with Crippen LogP contribution in [0.25, 0.3) is 0 Å². The van der Waals surface area contributed by atoms with Gasteiger partial charge in [0.1, 0.15) is 0 Å². The molecule has 4 heteroatoms. The van der Waals surface area contributed by atoms with Crippen molar-refractivity contribution in [3.63, 3.8) is 0 Å². The van der Waals surface area contributed by atoms with Crippen LogP contribution in [0.2, 0.25) is 0 Å². The van der Waals surface area contributed by atoms with Crippen molar-refractivity contribution in [2.75, 3.05) is 13.1 Å². The smallest absolute Gasteiger partial charge is 0.227 e. The van der Waals surface area contributed by atoms with Crippen LogP contribution in [0.15, 0.2) is 0 Å². The quantitative estimate of drug-likeness (QED) is 0.624. The molecule has 4 nitrogen and oxygen atoms in total. The summed E-state index contributed by atoms with van der Waals surface area (Å²) in [5.74, 6) is 0.293. The minimum atomic E-state index is -0.441. The van der Waals surface area contributed by atoms with Crippen LogP contribution in [0, 0.1) is 11.3 Å². The van der Waals surface area contributed by atoms with Crippen molar-refractivity contribution in [1.82, 2.24) is 5.32 Å². The van der Waals surface area contributed by atoms with Crippen molar-refractivity contribution < 1.29 is 9.90 Å². The average Bonchev–Trinajstić information content (AvgIpc) is 2.27. The van der Waals surface area contributed by atoms with Crippen LogP contribution in [0.4, 0.5) is 0 Å². The van der Waals surface area contributed by atoms with E-state index in [1.807, 2.05) is 0 Å². The van der Waals surface area contributed by atoms with Gasteiger partial charge in [0.2, 0.25) is 5.91 Å². The summed E-state index contributed by atoms with van der Waals surface area (Å²) in [6.45, 7) is 4.89. The molecule has 0 aromatic rings. The fraction of sp³-hybridized carbons (Fsp3) is 0.923. The molecule has 0 aromatic heterocycles. The van der Waals surface area contributed by atoms with E-state index in [1.54, 1.807) is 0 Å². The number of hydrogen-bond acceptors (Lipinski definition) is 3. The topological polar surface area (TPSA) is 75.3 Å². The van der Waals surface area contributed by atoms with Crippen LogP contribution in [0.5, 0.6) is 0 Å². The summed E-state index contributed by atoms with van der Waals surface area (Å²) in [4.78, 5) is 12.0. The fourth-order valence-electron chi connectivity index (χ4n) is 2.51. The first-order chi connectivity index (χ1) is 8.09. The summed E-state index contributed by atoms with van der Waals surface area (Å²) in [5, 5.41) is 12.8. The Morgan fingerprint density at radius 2 is 2.00 bits per heavy atom. The second-order valence-corrected chi connectivity index (χ2v) is 5.19. The summed E-state index contributed by atoms with van der Waals surface area (Å²) in [5.41, 5.74) is 5.33. The second kappa shape index (κ2) is 6.36. The molecule has 0 aliphatic heterocycles. The Bertz CT molecular complexity index is 242. The summed E-state index contributed by atoms with van der Waals surface area (Å²) < 4.78 is 0. The molecule has 0 bridgehead atoms. The van der Waals surface area contributed by atoms with Gasteiger partial charge in [-0.25, -0.2) is 0 Å². The lowest BCUT2D eigenvalue weighted by Gasteiger charge is -2.39. The molecule has 0 saturated heterocycles. The van der Waals surface area contributed by atoms with Crippen molar-refractivity contribution in [3.05, 3.63) is 0 Å². The van der Waals surface area contributed by atoms with E-state index in [9.17, 15) is 9.90 Å². The maximum absolute atomic E-state index is 12.0. The molecule has 1 aliphatic rings. The zero-order chi connectivity index (χ0) is 12.9. The van der Waals surface area contributed by atoms with Crippen molar-refractivity contribution in [2.45, 2.75) is 52.1 Å². The number of nitrogens with one attached hydrogen (secondary N) is 1. The molecular formula is C13H26N2O2. The number of carbonyl (C=O) groups is 1. The molecule has 1 fully saturated rings. The number of amides is 1. The lowest BCUT2D eigenvalue weighted by Crippen LogP contribution is -2.52. The first kappa shape index (κ1) is 14.5. The number of carbonyl (C=O) groups excluding carboxylic acids is 1. The number of aliphatic hydroxyl groups is 1. The van der Waals surface area contributed by atoms with Crippen LogP contribution in [0.1, 0.15) is 46.0 Å². The Labute approximate surface area is 104 Å². The maximum atomic E-state index is 12.0. The largest absolute Gasteiger partial charge is 0.391 e. The van der Waals surface area contributed by atoms with Gasteiger partial charge in [0.25, 0.3) is 0 Å². The van der Waals surface area contributed by atoms with Crippen LogP contribution in [-0.2, 0) is 4.79 Å². The van der Waals surface area contributed by atoms with Crippen molar-refractivity contribution in [3.8, 4) is 0 Å². The van der Waals surface area contributed by atoms with Crippen molar-refractivity contribution in [1.29, 1.82) is 0 Å². The molecule has 4 N–H and O–H groups in total. The first-order valence-electron chi connectivity index (χ1n) is 6.76. The molecule has 1 amide bonds. The predicted molar refractivity (Wildman–Crippen MR) is 68.4 cm³/mol. The van der Waals surface area contributed by atoms with Gasteiger partial charge in [-0.3, -0.25) is 4.79 Å². The van der Waals surface area contributed by atoms with Crippen molar-refractivity contribution in [2.24, 2.45) is 17.1 Å². The minimum Gasteiger partial charge on any atom is -0.391 e. The highest BCUT2D eigenvalue weighted by Gasteiger charge is 2.42. The molecule has 1 aliphatic carbocycles. The van der Waals surface area contributed by atoms with E-state index >= 15 is 0 Å². The first-order valence-corrected chi connectivity index (χ1v) is 6.76. The van der Waals surface area contributed by atoms with Gasteiger partial charge in [-0.05, 0) is 18.8 Å². The van der Waals surface area contributed by atoms with Crippen LogP contribution in [-0.4, -0.2) is 30.2 Å². The van der Waals surface area contributed by atoms with E-state index in [1.165, 1.54) is 0 Å². The monoisotopic (exact) mass is 242 g/mol. The van der Waals surface area contributed by atoms with Crippen LogP contribution < -0.4 is 11.1 Å². The Balaban J connectivity index is 2.37. The molecule has 0 spiro atoms. The van der Waals surface area contributed by atoms with E-state index in [4.69, 9.17) is 5.73 Å². The second-order valence-electron chi connectivity index (χ2n) is 5.19. The number of aliphatic hydroxyl groups excluding tert-OH is 1. The average molecular weight is 242 g/mol. The molecule has 1 rings (SSSR count). The van der Waals surface area contributed by atoms with E-state index in [-0.39, 0.29) is 17.2 Å². The van der Waals surface area contributed by atoms with Crippen LogP contribution in [0.3, 0.4) is 0 Å². The van der Waals surface area contributed by atoms with Gasteiger partial charge in [-0.2, -0.15) is 0 Å². The Kier molecular flexibility index (Phi) is 5.40. The lowest BCUT2D eigenvalue weighted by atomic mass is 9.68. The summed E-state index contributed by atoms with van der Waals surface area (Å²) in [6.07, 6.45) is 4.29. The van der Waals surface area contributed by atoms with Crippen molar-refractivity contribution >= 4 is 5.91 Å². The van der Waals surface area contributed by atoms with E-state index in [0.717, 1.165) is 32.1 Å². The van der Waals surface area contributed by atoms with Gasteiger partial charge < -0.3 is 16.2 Å². The molecule has 17 heavy (non-hydrogen) atoms. The van der Waals surface area contributed by atoms with Gasteiger partial charge >= 0.3 is 0 Å². The standard InChI is InChI=1S/C13H26N2O2/c1-3-10(4-2)11(16)8-15-12(17)13(9-14)6-5-7-13/h10-11,16H,3-9,14H2,1-2H3,(H,15,17). The Hall–Kier alpha value is -0.610. The van der Waals surface area contributed by atoms with Gasteiger partial charge in [0.05, 0.1) is 11.5 Å². The fourth-order valence-corrected chi connectivity index (χ4v) is 2.51. The molecule has 1 unspecified atom stereocenters. The maximum Gasteiger partial charge on any atom is 0.227 e. The van der Waals surface area contributed by atoms with Gasteiger partial charge in [0.15, 0.2) is 0 Å². The van der Waals surface area contributed by atoms with Crippen LogP contribution >= 0.6 is 0 Å². The molecule has 1 atom stereocenters. The Morgan fingerprint density at radius 3 is 2.35 bits per heavy atom. The predicted octanol–water partition coefficient (Wildman–Crippen LogP) is 1.03. The molecule has 0 radical (unpaired) electrons. The van der Waals surface area contributed by atoms with Gasteiger partial charge in [0, 0.05) is 13.1 Å². The van der Waals surface area contributed by atoms with Gasteiger partial charge in [-0.15, -0.1) is 0 Å². The SMILES string of the molecule is CCC(CC)C(O)CNC(=O)C1(CN)CCC1. The van der Waals surface area contributed by atoms with E-state index in [2.05, 4.69) is 19.2 Å². The normalized spacial score (nSPS) is 19.8. The summed E-state index contributed by atoms with van der Waals surface area (Å²) >= 11 is 0. The molecule has 1 saturated carbocycles. The lowest BCUT2D eigenvalue weighted by molar-refractivity contribution is -0.135. The Morgan fingerprint density at radius 1 is 1.41 bits per heavy atom. The van der Waals surface area contributed by atoms with E-state index < -0.39 is 6.10 Å².